The lowest BCUT2D eigenvalue weighted by Gasteiger charge is -2.15. The predicted molar refractivity (Wildman–Crippen MR) is 69.6 cm³/mol. The van der Waals surface area contributed by atoms with Gasteiger partial charge in [0.2, 0.25) is 0 Å². The average Bonchev–Trinajstić information content (AvgIpc) is 2.91. The van der Waals surface area contributed by atoms with E-state index in [1.54, 1.807) is 30.2 Å². The van der Waals surface area contributed by atoms with E-state index >= 15 is 0 Å². The van der Waals surface area contributed by atoms with Crippen LogP contribution < -0.4 is 5.73 Å². The summed E-state index contributed by atoms with van der Waals surface area (Å²) in [4.78, 5) is 15.6. The number of pyridine rings is 1. The number of nitrogens with zero attached hydrogens (tertiary/aromatic N) is 3. The monoisotopic (exact) mass is 260 g/mol. The second-order valence-corrected chi connectivity index (χ2v) is 3.97. The van der Waals surface area contributed by atoms with E-state index in [2.05, 4.69) is 10.1 Å². The number of carbonyl (C=O) groups is 1. The summed E-state index contributed by atoms with van der Waals surface area (Å²) in [6, 6.07) is 3.63. The molecule has 2 aromatic heterocycles. The minimum absolute atomic E-state index is 0.142. The van der Waals surface area contributed by atoms with Crippen LogP contribution in [-0.4, -0.2) is 33.9 Å². The minimum atomic E-state index is -0.379. The average molecular weight is 260 g/mol. The molecule has 2 rings (SSSR count). The Morgan fingerprint density at radius 1 is 1.53 bits per heavy atom. The number of ether oxygens (including phenoxy) is 1. The van der Waals surface area contributed by atoms with Gasteiger partial charge in [0.05, 0.1) is 24.4 Å². The molecule has 0 aliphatic heterocycles. The Labute approximate surface area is 111 Å². The number of nitrogens with two attached hydrogens (primary N) is 1. The van der Waals surface area contributed by atoms with Crippen LogP contribution in [-0.2, 0) is 4.74 Å². The molecule has 0 spiro atoms. The number of hydrogen-bond acceptors (Lipinski definition) is 5. The number of carbonyl (C=O) groups excluding carboxylic acids is 1. The Balaban J connectivity index is 2.23. The van der Waals surface area contributed by atoms with Crippen LogP contribution >= 0.6 is 0 Å². The summed E-state index contributed by atoms with van der Waals surface area (Å²) in [5, 5.41) is 4.18. The van der Waals surface area contributed by atoms with E-state index in [1.807, 2.05) is 12.1 Å². The lowest BCUT2D eigenvalue weighted by atomic mass is 10.1. The van der Waals surface area contributed by atoms with Gasteiger partial charge in [-0.3, -0.25) is 9.67 Å². The highest BCUT2D eigenvalue weighted by molar-refractivity contribution is 5.88. The predicted octanol–water partition coefficient (Wildman–Crippen LogP) is 1.00. The molecule has 0 saturated carbocycles. The second-order valence-electron chi connectivity index (χ2n) is 3.97. The van der Waals surface area contributed by atoms with Crippen molar-refractivity contribution in [1.82, 2.24) is 14.8 Å². The van der Waals surface area contributed by atoms with E-state index in [4.69, 9.17) is 10.5 Å². The Morgan fingerprint density at radius 3 is 3.00 bits per heavy atom. The van der Waals surface area contributed by atoms with E-state index < -0.39 is 0 Å². The van der Waals surface area contributed by atoms with Crippen LogP contribution in [0.4, 0.5) is 0 Å². The van der Waals surface area contributed by atoms with Crippen molar-refractivity contribution in [3.63, 3.8) is 0 Å². The molecule has 0 saturated heterocycles. The first-order chi connectivity index (χ1) is 9.26. The van der Waals surface area contributed by atoms with E-state index in [9.17, 15) is 4.79 Å². The number of rotatable bonds is 5. The maximum Gasteiger partial charge on any atom is 0.341 e. The molecule has 0 radical (unpaired) electrons. The largest absolute Gasteiger partial charge is 0.462 e. The molecule has 0 fully saturated rings. The van der Waals surface area contributed by atoms with Gasteiger partial charge >= 0.3 is 5.97 Å². The highest BCUT2D eigenvalue weighted by Gasteiger charge is 2.16. The Kier molecular flexibility index (Phi) is 4.25. The van der Waals surface area contributed by atoms with Gasteiger partial charge in [0, 0.05) is 25.1 Å². The molecule has 2 heterocycles. The summed E-state index contributed by atoms with van der Waals surface area (Å²) in [5.41, 5.74) is 7.14. The molecule has 6 heteroatoms. The van der Waals surface area contributed by atoms with Gasteiger partial charge in [-0.2, -0.15) is 5.10 Å². The molecule has 0 aliphatic rings. The lowest BCUT2D eigenvalue weighted by Crippen LogP contribution is -2.21. The Hall–Kier alpha value is -2.21. The first-order valence-electron chi connectivity index (χ1n) is 6.07. The van der Waals surface area contributed by atoms with Gasteiger partial charge in [-0.05, 0) is 18.6 Å². The number of hydrogen-bond donors (Lipinski definition) is 1. The van der Waals surface area contributed by atoms with Gasteiger partial charge in [0.15, 0.2) is 0 Å². The summed E-state index contributed by atoms with van der Waals surface area (Å²) in [5.74, 6) is -0.379. The standard InChI is InChI=1S/C13H16N4O2/c1-2-19-13(18)11-8-16-17(9-11)12(6-14)10-4-3-5-15-7-10/h3-5,7-9,12H,2,6,14H2,1H3. The van der Waals surface area contributed by atoms with E-state index in [-0.39, 0.29) is 12.0 Å². The summed E-state index contributed by atoms with van der Waals surface area (Å²) >= 11 is 0. The third-order valence-electron chi connectivity index (χ3n) is 2.72. The smallest absolute Gasteiger partial charge is 0.341 e. The van der Waals surface area contributed by atoms with Crippen molar-refractivity contribution in [2.45, 2.75) is 13.0 Å². The van der Waals surface area contributed by atoms with Gasteiger partial charge in [-0.15, -0.1) is 0 Å². The molecular formula is C13H16N4O2. The molecule has 0 aliphatic carbocycles. The molecular weight excluding hydrogens is 244 g/mol. The van der Waals surface area contributed by atoms with Crippen LogP contribution in [0.3, 0.4) is 0 Å². The maximum absolute atomic E-state index is 11.6. The van der Waals surface area contributed by atoms with Gasteiger partial charge in [-0.1, -0.05) is 6.07 Å². The van der Waals surface area contributed by atoms with Crippen LogP contribution in [0.1, 0.15) is 28.9 Å². The second kappa shape index (κ2) is 6.10. The Morgan fingerprint density at radius 2 is 2.37 bits per heavy atom. The number of esters is 1. The highest BCUT2D eigenvalue weighted by atomic mass is 16.5. The molecule has 19 heavy (non-hydrogen) atoms. The highest BCUT2D eigenvalue weighted by Crippen LogP contribution is 2.16. The van der Waals surface area contributed by atoms with Crippen LogP contribution in [0.2, 0.25) is 0 Å². The third-order valence-corrected chi connectivity index (χ3v) is 2.72. The molecule has 2 aromatic rings. The van der Waals surface area contributed by atoms with Gasteiger partial charge in [0.1, 0.15) is 0 Å². The fraction of sp³-hybridized carbons (Fsp3) is 0.308. The molecule has 0 bridgehead atoms. The topological polar surface area (TPSA) is 83.0 Å². The molecule has 6 nitrogen and oxygen atoms in total. The first kappa shape index (κ1) is 13.2. The zero-order valence-corrected chi connectivity index (χ0v) is 10.7. The summed E-state index contributed by atoms with van der Waals surface area (Å²) in [7, 11) is 0. The third kappa shape index (κ3) is 2.97. The number of aromatic nitrogens is 3. The normalized spacial score (nSPS) is 12.1. The van der Waals surface area contributed by atoms with Crippen LogP contribution in [0, 0.1) is 0 Å². The van der Waals surface area contributed by atoms with Crippen molar-refractivity contribution in [3.8, 4) is 0 Å². The van der Waals surface area contributed by atoms with E-state index in [0.717, 1.165) is 5.56 Å². The quantitative estimate of drug-likeness (QED) is 0.811. The van der Waals surface area contributed by atoms with Gasteiger partial charge < -0.3 is 10.5 Å². The fourth-order valence-corrected chi connectivity index (χ4v) is 1.80. The molecule has 0 aromatic carbocycles. The van der Waals surface area contributed by atoms with Crippen LogP contribution in [0.25, 0.3) is 0 Å². The van der Waals surface area contributed by atoms with Crippen LogP contribution in [0.15, 0.2) is 36.9 Å². The van der Waals surface area contributed by atoms with E-state index in [0.29, 0.717) is 18.7 Å². The molecule has 2 N–H and O–H groups in total. The molecule has 1 unspecified atom stereocenters. The van der Waals surface area contributed by atoms with Crippen molar-refractivity contribution in [1.29, 1.82) is 0 Å². The maximum atomic E-state index is 11.6. The Bertz CT molecular complexity index is 539. The summed E-state index contributed by atoms with van der Waals surface area (Å²) in [6.07, 6.45) is 6.56. The summed E-state index contributed by atoms with van der Waals surface area (Å²) < 4.78 is 6.58. The van der Waals surface area contributed by atoms with Gasteiger partial charge in [0.25, 0.3) is 0 Å². The van der Waals surface area contributed by atoms with E-state index in [1.165, 1.54) is 6.20 Å². The van der Waals surface area contributed by atoms with Crippen molar-refractivity contribution in [2.75, 3.05) is 13.2 Å². The lowest BCUT2D eigenvalue weighted by molar-refractivity contribution is 0.0526. The minimum Gasteiger partial charge on any atom is -0.462 e. The molecule has 100 valence electrons. The van der Waals surface area contributed by atoms with Crippen molar-refractivity contribution in [3.05, 3.63) is 48.0 Å². The zero-order chi connectivity index (χ0) is 13.7. The van der Waals surface area contributed by atoms with Crippen molar-refractivity contribution >= 4 is 5.97 Å². The van der Waals surface area contributed by atoms with Crippen molar-refractivity contribution < 1.29 is 9.53 Å². The first-order valence-corrected chi connectivity index (χ1v) is 6.07. The van der Waals surface area contributed by atoms with Crippen LogP contribution in [0.5, 0.6) is 0 Å². The summed E-state index contributed by atoms with van der Waals surface area (Å²) in [6.45, 7) is 2.48. The fourth-order valence-electron chi connectivity index (χ4n) is 1.80. The zero-order valence-electron chi connectivity index (χ0n) is 10.7. The SMILES string of the molecule is CCOC(=O)c1cnn(C(CN)c2cccnc2)c1. The molecule has 1 atom stereocenters. The van der Waals surface area contributed by atoms with Gasteiger partial charge in [-0.25, -0.2) is 4.79 Å². The van der Waals surface area contributed by atoms with Crippen molar-refractivity contribution in [2.24, 2.45) is 5.73 Å². The molecule has 0 amide bonds.